The first-order valence-electron chi connectivity index (χ1n) is 8.36. The summed E-state index contributed by atoms with van der Waals surface area (Å²) in [6, 6.07) is 12.9. The number of carbonyl (C=O) groups is 1. The zero-order chi connectivity index (χ0) is 17.9. The molecule has 7 nitrogen and oxygen atoms in total. The van der Waals surface area contributed by atoms with Crippen molar-refractivity contribution in [3.8, 4) is 17.3 Å². The number of carbonyl (C=O) groups excluding carboxylic acids is 1. The number of nitrogens with zero attached hydrogens (tertiary/aromatic N) is 3. The molecule has 0 unspecified atom stereocenters. The molecule has 26 heavy (non-hydrogen) atoms. The third-order valence-electron chi connectivity index (χ3n) is 4.14. The van der Waals surface area contributed by atoms with Crippen molar-refractivity contribution in [1.29, 1.82) is 0 Å². The molecule has 1 amide bonds. The Kier molecular flexibility index (Phi) is 4.27. The van der Waals surface area contributed by atoms with E-state index in [4.69, 9.17) is 9.47 Å². The second kappa shape index (κ2) is 6.87. The molecule has 4 rings (SSSR count). The van der Waals surface area contributed by atoms with Gasteiger partial charge in [-0.2, -0.15) is 5.10 Å². The van der Waals surface area contributed by atoms with Crippen LogP contribution in [0.3, 0.4) is 0 Å². The minimum absolute atomic E-state index is 0.234. The van der Waals surface area contributed by atoms with Crippen LogP contribution in [-0.2, 0) is 11.3 Å². The normalized spacial score (nSPS) is 18.3. The van der Waals surface area contributed by atoms with Gasteiger partial charge >= 0.3 is 0 Å². The van der Waals surface area contributed by atoms with Crippen molar-refractivity contribution in [2.45, 2.75) is 25.7 Å². The summed E-state index contributed by atoms with van der Waals surface area (Å²) < 4.78 is 13.3. The van der Waals surface area contributed by atoms with Crippen molar-refractivity contribution in [3.05, 3.63) is 66.6 Å². The molecule has 0 spiro atoms. The lowest BCUT2D eigenvalue weighted by atomic mass is 10.1. The first-order chi connectivity index (χ1) is 12.7. The number of hydrogen-bond acceptors (Lipinski definition) is 5. The highest BCUT2D eigenvalue weighted by molar-refractivity contribution is 5.82. The molecule has 0 saturated heterocycles. The number of amides is 1. The van der Waals surface area contributed by atoms with E-state index in [0.717, 1.165) is 5.56 Å². The summed E-state index contributed by atoms with van der Waals surface area (Å²) in [5, 5.41) is 7.11. The second-order valence-corrected chi connectivity index (χ2v) is 5.96. The first-order valence-corrected chi connectivity index (χ1v) is 8.36. The van der Waals surface area contributed by atoms with Crippen LogP contribution in [-0.4, -0.2) is 32.9 Å². The summed E-state index contributed by atoms with van der Waals surface area (Å²) in [6.45, 7) is 2.13. The Balaban J connectivity index is 1.47. The molecule has 3 heterocycles. The van der Waals surface area contributed by atoms with E-state index in [0.29, 0.717) is 23.9 Å². The molecule has 1 aromatic carbocycles. The fraction of sp³-hybridized carbons (Fsp3) is 0.211. The molecule has 1 aliphatic rings. The molecular weight excluding hydrogens is 332 g/mol. The zero-order valence-corrected chi connectivity index (χ0v) is 14.2. The highest BCUT2D eigenvalue weighted by Crippen LogP contribution is 2.33. The molecule has 1 aliphatic heterocycles. The lowest BCUT2D eigenvalue weighted by Gasteiger charge is -2.31. The molecule has 1 N–H and O–H groups in total. The summed E-state index contributed by atoms with van der Waals surface area (Å²) >= 11 is 0. The Labute approximate surface area is 150 Å². The lowest BCUT2D eigenvalue weighted by molar-refractivity contribution is -0.133. The number of ether oxygens (including phenoxy) is 2. The van der Waals surface area contributed by atoms with Crippen molar-refractivity contribution < 1.29 is 14.3 Å². The molecule has 2 atom stereocenters. The molecule has 0 saturated carbocycles. The van der Waals surface area contributed by atoms with E-state index < -0.39 is 6.10 Å². The largest absolute Gasteiger partial charge is 0.482 e. The van der Waals surface area contributed by atoms with Gasteiger partial charge < -0.3 is 14.8 Å². The van der Waals surface area contributed by atoms with Gasteiger partial charge in [0.05, 0.1) is 0 Å². The monoisotopic (exact) mass is 350 g/mol. The molecule has 0 aliphatic carbocycles. The van der Waals surface area contributed by atoms with Crippen LogP contribution in [0.2, 0.25) is 0 Å². The Morgan fingerprint density at radius 1 is 1.12 bits per heavy atom. The SMILES string of the molecule is C[C@H]1Oc2ccccc2O[C@@H]1C(=O)NCc1cccnc1-n1cccn1. The number of rotatable bonds is 4. The van der Waals surface area contributed by atoms with Crippen LogP contribution in [0.25, 0.3) is 5.82 Å². The highest BCUT2D eigenvalue weighted by atomic mass is 16.6. The van der Waals surface area contributed by atoms with Gasteiger partial charge in [-0.1, -0.05) is 18.2 Å². The number of nitrogens with one attached hydrogen (secondary N) is 1. The van der Waals surface area contributed by atoms with E-state index in [1.54, 1.807) is 23.1 Å². The van der Waals surface area contributed by atoms with Crippen molar-refractivity contribution in [3.63, 3.8) is 0 Å². The van der Waals surface area contributed by atoms with Gasteiger partial charge in [-0.25, -0.2) is 9.67 Å². The van der Waals surface area contributed by atoms with E-state index >= 15 is 0 Å². The Morgan fingerprint density at radius 2 is 1.92 bits per heavy atom. The van der Waals surface area contributed by atoms with Gasteiger partial charge in [0.1, 0.15) is 6.10 Å². The summed E-state index contributed by atoms with van der Waals surface area (Å²) in [5.74, 6) is 1.67. The van der Waals surface area contributed by atoms with Gasteiger partial charge in [0.2, 0.25) is 6.10 Å². The standard InChI is InChI=1S/C19H18N4O3/c1-13-17(26-16-8-3-2-7-15(16)25-13)19(24)21-12-14-6-4-9-20-18(14)23-11-5-10-22-23/h2-11,13,17H,12H2,1H3,(H,21,24)/t13-,17+/m1/s1. The summed E-state index contributed by atoms with van der Waals surface area (Å²) in [4.78, 5) is 17.0. The number of pyridine rings is 1. The van der Waals surface area contributed by atoms with Crippen LogP contribution in [0.4, 0.5) is 0 Å². The quantitative estimate of drug-likeness (QED) is 0.780. The van der Waals surface area contributed by atoms with Gasteiger partial charge in [-0.15, -0.1) is 0 Å². The van der Waals surface area contributed by atoms with Crippen LogP contribution < -0.4 is 14.8 Å². The van der Waals surface area contributed by atoms with E-state index in [1.807, 2.05) is 49.5 Å². The van der Waals surface area contributed by atoms with E-state index in [2.05, 4.69) is 15.4 Å². The highest BCUT2D eigenvalue weighted by Gasteiger charge is 2.33. The van der Waals surface area contributed by atoms with Gasteiger partial charge in [0, 0.05) is 30.7 Å². The second-order valence-electron chi connectivity index (χ2n) is 5.96. The molecule has 0 fully saturated rings. The molecule has 3 aromatic rings. The fourth-order valence-corrected chi connectivity index (χ4v) is 2.86. The molecule has 132 valence electrons. The van der Waals surface area contributed by atoms with Gasteiger partial charge in [0.15, 0.2) is 17.3 Å². The Morgan fingerprint density at radius 3 is 2.69 bits per heavy atom. The lowest BCUT2D eigenvalue weighted by Crippen LogP contribution is -2.48. The van der Waals surface area contributed by atoms with Crippen molar-refractivity contribution in [1.82, 2.24) is 20.1 Å². The van der Waals surface area contributed by atoms with Gasteiger partial charge in [-0.05, 0) is 31.2 Å². The van der Waals surface area contributed by atoms with Crippen molar-refractivity contribution in [2.24, 2.45) is 0 Å². The Hall–Kier alpha value is -3.35. The third-order valence-corrected chi connectivity index (χ3v) is 4.14. The van der Waals surface area contributed by atoms with E-state index in [9.17, 15) is 4.79 Å². The number of hydrogen-bond donors (Lipinski definition) is 1. The Bertz CT molecular complexity index is 911. The van der Waals surface area contributed by atoms with Crippen molar-refractivity contribution >= 4 is 5.91 Å². The minimum Gasteiger partial charge on any atom is -0.482 e. The van der Waals surface area contributed by atoms with Crippen LogP contribution in [0.1, 0.15) is 12.5 Å². The van der Waals surface area contributed by atoms with Gasteiger partial charge in [0.25, 0.3) is 5.91 Å². The van der Waals surface area contributed by atoms with Crippen LogP contribution in [0.15, 0.2) is 61.1 Å². The zero-order valence-electron chi connectivity index (χ0n) is 14.2. The minimum atomic E-state index is -0.713. The van der Waals surface area contributed by atoms with E-state index in [-0.39, 0.29) is 12.0 Å². The van der Waals surface area contributed by atoms with Crippen LogP contribution >= 0.6 is 0 Å². The maximum absolute atomic E-state index is 12.6. The first kappa shape index (κ1) is 16.1. The number of fused-ring (bicyclic) bond motifs is 1. The smallest absolute Gasteiger partial charge is 0.265 e. The summed E-state index contributed by atoms with van der Waals surface area (Å²) in [7, 11) is 0. The molecular formula is C19H18N4O3. The average Bonchev–Trinajstić information content (AvgIpc) is 3.20. The molecule has 7 heteroatoms. The van der Waals surface area contributed by atoms with Crippen LogP contribution in [0, 0.1) is 0 Å². The third kappa shape index (κ3) is 3.11. The van der Waals surface area contributed by atoms with E-state index in [1.165, 1.54) is 0 Å². The molecule has 2 aromatic heterocycles. The van der Waals surface area contributed by atoms with Crippen LogP contribution in [0.5, 0.6) is 11.5 Å². The summed E-state index contributed by atoms with van der Waals surface area (Å²) in [5.41, 5.74) is 0.856. The maximum atomic E-state index is 12.6. The number of aromatic nitrogens is 3. The molecule has 0 bridgehead atoms. The van der Waals surface area contributed by atoms with Gasteiger partial charge in [-0.3, -0.25) is 4.79 Å². The average molecular weight is 350 g/mol. The predicted octanol–water partition coefficient (Wildman–Crippen LogP) is 2.11. The summed E-state index contributed by atoms with van der Waals surface area (Å²) in [6.07, 6.45) is 4.09. The number of para-hydroxylation sites is 2. The number of benzene rings is 1. The predicted molar refractivity (Wildman–Crippen MR) is 94.2 cm³/mol. The maximum Gasteiger partial charge on any atom is 0.265 e. The van der Waals surface area contributed by atoms with Crippen molar-refractivity contribution in [2.75, 3.05) is 0 Å². The topological polar surface area (TPSA) is 78.3 Å². The fourth-order valence-electron chi connectivity index (χ4n) is 2.86. The molecule has 0 radical (unpaired) electrons.